The van der Waals surface area contributed by atoms with E-state index in [1.54, 1.807) is 18.2 Å². The minimum absolute atomic E-state index is 0.215. The first kappa shape index (κ1) is 15.1. The maximum atomic E-state index is 13.7. The number of hydrogen-bond acceptors (Lipinski definition) is 2. The molecule has 3 nitrogen and oxygen atoms in total. The van der Waals surface area contributed by atoms with Crippen LogP contribution in [0.2, 0.25) is 0 Å². The molecule has 0 radical (unpaired) electrons. The van der Waals surface area contributed by atoms with Gasteiger partial charge < -0.3 is 4.90 Å². The molecule has 0 amide bonds. The summed E-state index contributed by atoms with van der Waals surface area (Å²) in [5.41, 5.74) is 3.50. The van der Waals surface area contributed by atoms with Gasteiger partial charge in [-0.1, -0.05) is 30.3 Å². The molecule has 1 aliphatic heterocycles. The quantitative estimate of drug-likeness (QED) is 0.679. The normalized spacial score (nSPS) is 15.8. The molecule has 4 rings (SSSR count). The van der Waals surface area contributed by atoms with Crippen molar-refractivity contribution in [2.75, 3.05) is 11.4 Å². The van der Waals surface area contributed by atoms with E-state index in [9.17, 15) is 8.78 Å². The van der Waals surface area contributed by atoms with Gasteiger partial charge in [-0.3, -0.25) is 4.57 Å². The maximum Gasteiger partial charge on any atom is 0.320 e. The molecule has 0 saturated heterocycles. The van der Waals surface area contributed by atoms with Crippen LogP contribution in [-0.2, 0) is 6.42 Å². The van der Waals surface area contributed by atoms with Crippen molar-refractivity contribution in [1.82, 2.24) is 9.55 Å². The number of anilines is 1. The van der Waals surface area contributed by atoms with Crippen LogP contribution in [0.5, 0.6) is 0 Å². The molecule has 0 bridgehead atoms. The smallest absolute Gasteiger partial charge is 0.320 e. The first-order valence-electron chi connectivity index (χ1n) is 8.26. The molecular formula is C19H19F2N3. The lowest BCUT2D eigenvalue weighted by Gasteiger charge is -2.36. The average molecular weight is 327 g/mol. The van der Waals surface area contributed by atoms with Crippen molar-refractivity contribution in [3.63, 3.8) is 0 Å². The number of benzene rings is 2. The van der Waals surface area contributed by atoms with Crippen molar-refractivity contribution < 1.29 is 8.78 Å². The highest BCUT2D eigenvalue weighted by Crippen LogP contribution is 2.36. The Labute approximate surface area is 139 Å². The van der Waals surface area contributed by atoms with Crippen LogP contribution in [0.15, 0.2) is 48.5 Å². The van der Waals surface area contributed by atoms with Gasteiger partial charge in [-0.15, -0.1) is 0 Å². The van der Waals surface area contributed by atoms with E-state index in [1.807, 2.05) is 25.1 Å². The number of imidazole rings is 1. The first-order valence-corrected chi connectivity index (χ1v) is 8.26. The molecule has 0 fully saturated rings. The summed E-state index contributed by atoms with van der Waals surface area (Å²) in [4.78, 5) is 6.72. The second-order valence-electron chi connectivity index (χ2n) is 6.21. The molecule has 0 unspecified atom stereocenters. The number of halogens is 2. The summed E-state index contributed by atoms with van der Waals surface area (Å²) in [6.07, 6.45) is 2.06. The largest absolute Gasteiger partial charge is 0.361 e. The fraction of sp³-hybridized carbons (Fsp3) is 0.316. The van der Waals surface area contributed by atoms with Gasteiger partial charge in [0.1, 0.15) is 5.82 Å². The molecular weight excluding hydrogens is 308 g/mol. The SMILES string of the molecule is C[C@H](c1nc2ccccc2n1C(F)F)N1CCCc2ccccc21. The van der Waals surface area contributed by atoms with Crippen LogP contribution < -0.4 is 4.90 Å². The Bertz CT molecular complexity index is 872. The van der Waals surface area contributed by atoms with Crippen LogP contribution in [-0.4, -0.2) is 16.1 Å². The minimum atomic E-state index is -2.60. The summed E-state index contributed by atoms with van der Waals surface area (Å²) >= 11 is 0. The van der Waals surface area contributed by atoms with Gasteiger partial charge in [0.2, 0.25) is 0 Å². The summed E-state index contributed by atoms with van der Waals surface area (Å²) in [6, 6.07) is 15.1. The summed E-state index contributed by atoms with van der Waals surface area (Å²) < 4.78 is 28.5. The second-order valence-corrected chi connectivity index (χ2v) is 6.21. The van der Waals surface area contributed by atoms with E-state index in [-0.39, 0.29) is 6.04 Å². The summed E-state index contributed by atoms with van der Waals surface area (Å²) in [7, 11) is 0. The van der Waals surface area contributed by atoms with E-state index in [0.717, 1.165) is 29.6 Å². The summed E-state index contributed by atoms with van der Waals surface area (Å²) in [5.74, 6) is 0.419. The fourth-order valence-electron chi connectivity index (χ4n) is 3.67. The number of fused-ring (bicyclic) bond motifs is 2. The van der Waals surface area contributed by atoms with Crippen LogP contribution in [0.4, 0.5) is 14.5 Å². The fourth-order valence-corrected chi connectivity index (χ4v) is 3.67. The third kappa shape index (κ3) is 2.35. The van der Waals surface area contributed by atoms with Crippen molar-refractivity contribution in [1.29, 1.82) is 0 Å². The standard InChI is InChI=1S/C19H19F2N3/c1-13(23-12-6-8-14-7-2-4-10-16(14)23)18-22-15-9-3-5-11-17(15)24(18)19(20)21/h2-5,7,9-11,13,19H,6,8,12H2,1H3/t13-/m1/s1. The van der Waals surface area contributed by atoms with E-state index in [0.29, 0.717) is 16.9 Å². The molecule has 1 atom stereocenters. The predicted octanol–water partition coefficient (Wildman–Crippen LogP) is 4.95. The molecule has 0 N–H and O–H groups in total. The van der Waals surface area contributed by atoms with Crippen LogP contribution in [0.1, 0.15) is 37.3 Å². The molecule has 124 valence electrons. The van der Waals surface area contributed by atoms with Gasteiger partial charge >= 0.3 is 6.55 Å². The first-order chi connectivity index (χ1) is 11.7. The van der Waals surface area contributed by atoms with Crippen molar-refractivity contribution in [2.24, 2.45) is 0 Å². The van der Waals surface area contributed by atoms with E-state index < -0.39 is 6.55 Å². The third-order valence-corrected chi connectivity index (χ3v) is 4.81. The monoisotopic (exact) mass is 327 g/mol. The molecule has 1 aliphatic rings. The Morgan fingerprint density at radius 3 is 2.62 bits per heavy atom. The lowest BCUT2D eigenvalue weighted by Crippen LogP contribution is -2.33. The zero-order valence-electron chi connectivity index (χ0n) is 13.5. The maximum absolute atomic E-state index is 13.7. The summed E-state index contributed by atoms with van der Waals surface area (Å²) in [6.45, 7) is 0.210. The van der Waals surface area contributed by atoms with E-state index >= 15 is 0 Å². The lowest BCUT2D eigenvalue weighted by atomic mass is 10.00. The zero-order valence-corrected chi connectivity index (χ0v) is 13.5. The van der Waals surface area contributed by atoms with Gasteiger partial charge in [-0.05, 0) is 43.5 Å². The topological polar surface area (TPSA) is 21.1 Å². The Kier molecular flexibility index (Phi) is 3.71. The number of rotatable bonds is 3. The highest BCUT2D eigenvalue weighted by molar-refractivity contribution is 5.76. The number of para-hydroxylation sites is 3. The Balaban J connectivity index is 1.82. The van der Waals surface area contributed by atoms with Gasteiger partial charge in [-0.25, -0.2) is 4.98 Å². The highest BCUT2D eigenvalue weighted by Gasteiger charge is 2.28. The van der Waals surface area contributed by atoms with Crippen molar-refractivity contribution >= 4 is 16.7 Å². The number of nitrogens with zero attached hydrogens (tertiary/aromatic N) is 3. The minimum Gasteiger partial charge on any atom is -0.361 e. The predicted molar refractivity (Wildman–Crippen MR) is 91.5 cm³/mol. The van der Waals surface area contributed by atoms with E-state index in [2.05, 4.69) is 22.0 Å². The van der Waals surface area contributed by atoms with Crippen LogP contribution in [0.25, 0.3) is 11.0 Å². The molecule has 2 aromatic carbocycles. The molecule has 1 aromatic heterocycles. The number of aryl methyl sites for hydroxylation is 1. The van der Waals surface area contributed by atoms with Gasteiger partial charge in [0.05, 0.1) is 17.1 Å². The Hall–Kier alpha value is -2.43. The molecule has 5 heteroatoms. The van der Waals surface area contributed by atoms with Crippen molar-refractivity contribution in [2.45, 2.75) is 32.4 Å². The third-order valence-electron chi connectivity index (χ3n) is 4.81. The zero-order chi connectivity index (χ0) is 16.7. The van der Waals surface area contributed by atoms with E-state index in [4.69, 9.17) is 0 Å². The molecule has 3 aromatic rings. The molecule has 2 heterocycles. The molecule has 0 aliphatic carbocycles. The van der Waals surface area contributed by atoms with Gasteiger partial charge in [0.25, 0.3) is 0 Å². The average Bonchev–Trinajstić information content (AvgIpc) is 3.00. The van der Waals surface area contributed by atoms with Crippen LogP contribution in [0, 0.1) is 0 Å². The number of hydrogen-bond donors (Lipinski definition) is 0. The Morgan fingerprint density at radius 2 is 1.79 bits per heavy atom. The second kappa shape index (κ2) is 5.89. The van der Waals surface area contributed by atoms with Gasteiger partial charge in [-0.2, -0.15) is 8.78 Å². The van der Waals surface area contributed by atoms with Crippen LogP contribution in [0.3, 0.4) is 0 Å². The van der Waals surface area contributed by atoms with Crippen LogP contribution >= 0.6 is 0 Å². The summed E-state index contributed by atoms with van der Waals surface area (Å²) in [5, 5.41) is 0. The van der Waals surface area contributed by atoms with Crippen molar-refractivity contribution in [3.05, 3.63) is 59.9 Å². The van der Waals surface area contributed by atoms with Gasteiger partial charge in [0.15, 0.2) is 0 Å². The number of alkyl halides is 2. The van der Waals surface area contributed by atoms with E-state index in [1.165, 1.54) is 5.56 Å². The molecule has 0 spiro atoms. The Morgan fingerprint density at radius 1 is 1.04 bits per heavy atom. The van der Waals surface area contributed by atoms with Crippen molar-refractivity contribution in [3.8, 4) is 0 Å². The van der Waals surface area contributed by atoms with Gasteiger partial charge in [0, 0.05) is 12.2 Å². The molecule has 0 saturated carbocycles. The lowest BCUT2D eigenvalue weighted by molar-refractivity contribution is 0.0703. The number of aromatic nitrogens is 2. The molecule has 24 heavy (non-hydrogen) atoms. The highest BCUT2D eigenvalue weighted by atomic mass is 19.3.